The molecule has 5 heteroatoms. The minimum absolute atomic E-state index is 0.0178. The van der Waals surface area contributed by atoms with Gasteiger partial charge in [0.1, 0.15) is 6.54 Å². The van der Waals surface area contributed by atoms with Crippen LogP contribution in [0.2, 0.25) is 0 Å². The molecule has 0 aliphatic heterocycles. The Morgan fingerprint density at radius 2 is 1.94 bits per heavy atom. The first kappa shape index (κ1) is 16.9. The highest BCUT2D eigenvalue weighted by Gasteiger charge is 2.18. The van der Waals surface area contributed by atoms with Gasteiger partial charge in [0.25, 0.3) is 0 Å². The number of aliphatic hydroxyl groups is 1. The number of amides is 1. The van der Waals surface area contributed by atoms with Gasteiger partial charge < -0.3 is 14.7 Å². The predicted octanol–water partition coefficient (Wildman–Crippen LogP) is 1.20. The molecule has 18 heavy (non-hydrogen) atoms. The van der Waals surface area contributed by atoms with E-state index in [0.717, 1.165) is 0 Å². The number of aliphatic hydroxyl groups excluding tert-OH is 1. The van der Waals surface area contributed by atoms with E-state index in [-0.39, 0.29) is 25.0 Å². The Morgan fingerprint density at radius 3 is 2.44 bits per heavy atom. The van der Waals surface area contributed by atoms with Gasteiger partial charge in [-0.1, -0.05) is 13.8 Å². The Balaban J connectivity index is 4.28. The first-order valence-corrected chi connectivity index (χ1v) is 6.55. The van der Waals surface area contributed by atoms with Gasteiger partial charge in [-0.2, -0.15) is 0 Å². The van der Waals surface area contributed by atoms with Crippen molar-refractivity contribution in [2.45, 2.75) is 40.0 Å². The number of rotatable bonds is 9. The monoisotopic (exact) mass is 259 g/mol. The molecule has 0 spiro atoms. The third-order valence-electron chi connectivity index (χ3n) is 2.36. The zero-order valence-electron chi connectivity index (χ0n) is 11.6. The molecule has 0 heterocycles. The molecule has 0 saturated heterocycles. The fraction of sp³-hybridized carbons (Fsp3) is 0.846. The fourth-order valence-corrected chi connectivity index (χ4v) is 1.60. The van der Waals surface area contributed by atoms with Crippen LogP contribution in [-0.2, 0) is 14.3 Å². The van der Waals surface area contributed by atoms with E-state index in [2.05, 4.69) is 0 Å². The number of nitrogens with zero attached hydrogens (tertiary/aromatic N) is 1. The summed E-state index contributed by atoms with van der Waals surface area (Å²) in [5.74, 6) is -0.111. The summed E-state index contributed by atoms with van der Waals surface area (Å²) < 4.78 is 4.86. The molecule has 0 rings (SSSR count). The smallest absolute Gasteiger partial charge is 0.325 e. The largest absolute Gasteiger partial charge is 0.465 e. The van der Waals surface area contributed by atoms with Gasteiger partial charge in [-0.25, -0.2) is 0 Å². The first-order valence-electron chi connectivity index (χ1n) is 6.55. The van der Waals surface area contributed by atoms with E-state index in [9.17, 15) is 9.59 Å². The Hall–Kier alpha value is -1.10. The number of carbonyl (C=O) groups is 2. The predicted molar refractivity (Wildman–Crippen MR) is 69.0 cm³/mol. The second-order valence-corrected chi connectivity index (χ2v) is 4.65. The van der Waals surface area contributed by atoms with Crippen LogP contribution in [0.1, 0.15) is 40.0 Å². The van der Waals surface area contributed by atoms with E-state index in [1.165, 1.54) is 0 Å². The lowest BCUT2D eigenvalue weighted by molar-refractivity contribution is -0.149. The molecule has 0 saturated carbocycles. The van der Waals surface area contributed by atoms with Crippen LogP contribution in [0.25, 0.3) is 0 Å². The number of hydrogen-bond donors (Lipinski definition) is 1. The van der Waals surface area contributed by atoms with Crippen LogP contribution in [0, 0.1) is 5.92 Å². The van der Waals surface area contributed by atoms with E-state index < -0.39 is 0 Å². The summed E-state index contributed by atoms with van der Waals surface area (Å²) in [4.78, 5) is 24.9. The van der Waals surface area contributed by atoms with Crippen LogP contribution in [0.15, 0.2) is 0 Å². The zero-order chi connectivity index (χ0) is 14.0. The van der Waals surface area contributed by atoms with Crippen molar-refractivity contribution in [1.29, 1.82) is 0 Å². The summed E-state index contributed by atoms with van der Waals surface area (Å²) in [5, 5.41) is 8.68. The summed E-state index contributed by atoms with van der Waals surface area (Å²) in [5.41, 5.74) is 0. The molecule has 0 radical (unpaired) electrons. The van der Waals surface area contributed by atoms with Crippen LogP contribution in [0.3, 0.4) is 0 Å². The van der Waals surface area contributed by atoms with E-state index in [1.54, 1.807) is 11.8 Å². The molecule has 0 aromatic rings. The van der Waals surface area contributed by atoms with Crippen molar-refractivity contribution in [3.05, 3.63) is 0 Å². The minimum atomic E-state index is -0.367. The quantitative estimate of drug-likeness (QED) is 0.499. The van der Waals surface area contributed by atoms with E-state index >= 15 is 0 Å². The lowest BCUT2D eigenvalue weighted by Crippen LogP contribution is -2.38. The maximum Gasteiger partial charge on any atom is 0.325 e. The molecule has 0 aliphatic rings. The molecule has 0 atom stereocenters. The lowest BCUT2D eigenvalue weighted by atomic mass is 10.1. The van der Waals surface area contributed by atoms with Gasteiger partial charge in [0.2, 0.25) is 5.91 Å². The molecular weight excluding hydrogens is 234 g/mol. The molecule has 106 valence electrons. The van der Waals surface area contributed by atoms with Crippen molar-refractivity contribution in [2.75, 3.05) is 26.3 Å². The molecule has 0 bridgehead atoms. The van der Waals surface area contributed by atoms with Gasteiger partial charge in [0, 0.05) is 19.6 Å². The van der Waals surface area contributed by atoms with Crippen LogP contribution in [-0.4, -0.2) is 48.2 Å². The van der Waals surface area contributed by atoms with Crippen molar-refractivity contribution >= 4 is 11.9 Å². The molecule has 1 amide bonds. The Labute approximate surface area is 109 Å². The van der Waals surface area contributed by atoms with E-state index in [4.69, 9.17) is 9.84 Å². The topological polar surface area (TPSA) is 66.8 Å². The molecular formula is C13H25NO4. The van der Waals surface area contributed by atoms with Crippen molar-refractivity contribution < 1.29 is 19.4 Å². The molecule has 0 unspecified atom stereocenters. The highest BCUT2D eigenvalue weighted by Crippen LogP contribution is 2.05. The van der Waals surface area contributed by atoms with Gasteiger partial charge in [-0.05, 0) is 25.7 Å². The maximum atomic E-state index is 11.9. The van der Waals surface area contributed by atoms with Gasteiger partial charge in [-0.15, -0.1) is 0 Å². The molecule has 1 N–H and O–H groups in total. The SMILES string of the molecule is CCOC(=O)CN(CC(C)C)C(=O)CCCCO. The number of esters is 1. The highest BCUT2D eigenvalue weighted by molar-refractivity contribution is 5.82. The number of hydrogen-bond acceptors (Lipinski definition) is 4. The highest BCUT2D eigenvalue weighted by atomic mass is 16.5. The third-order valence-corrected chi connectivity index (χ3v) is 2.36. The minimum Gasteiger partial charge on any atom is -0.465 e. The van der Waals surface area contributed by atoms with Gasteiger partial charge >= 0.3 is 5.97 Å². The summed E-state index contributed by atoms with van der Waals surface area (Å²) in [6.07, 6.45) is 1.63. The summed E-state index contributed by atoms with van der Waals surface area (Å²) in [6, 6.07) is 0. The van der Waals surface area contributed by atoms with Crippen LogP contribution >= 0.6 is 0 Å². The molecule has 0 aromatic carbocycles. The van der Waals surface area contributed by atoms with Crippen molar-refractivity contribution in [1.82, 2.24) is 4.90 Å². The van der Waals surface area contributed by atoms with Crippen LogP contribution in [0.5, 0.6) is 0 Å². The van der Waals surface area contributed by atoms with Gasteiger partial charge in [0.15, 0.2) is 0 Å². The number of carbonyl (C=O) groups excluding carboxylic acids is 2. The standard InChI is InChI=1S/C13H25NO4/c1-4-18-13(17)10-14(9-11(2)3)12(16)7-5-6-8-15/h11,15H,4-10H2,1-3H3. The maximum absolute atomic E-state index is 11.9. The molecule has 0 aromatic heterocycles. The average molecular weight is 259 g/mol. The Morgan fingerprint density at radius 1 is 1.28 bits per heavy atom. The summed E-state index contributed by atoms with van der Waals surface area (Å²) in [6.45, 7) is 6.73. The van der Waals surface area contributed by atoms with Crippen molar-refractivity contribution in [3.8, 4) is 0 Å². The number of ether oxygens (including phenoxy) is 1. The molecule has 0 fully saturated rings. The average Bonchev–Trinajstić information content (AvgIpc) is 2.28. The second kappa shape index (κ2) is 9.88. The summed E-state index contributed by atoms with van der Waals surface area (Å²) in [7, 11) is 0. The second-order valence-electron chi connectivity index (χ2n) is 4.65. The number of unbranched alkanes of at least 4 members (excludes halogenated alkanes) is 1. The fourth-order valence-electron chi connectivity index (χ4n) is 1.60. The van der Waals surface area contributed by atoms with Crippen molar-refractivity contribution in [2.24, 2.45) is 5.92 Å². The van der Waals surface area contributed by atoms with E-state index in [0.29, 0.717) is 38.3 Å². The Kier molecular flexibility index (Phi) is 9.28. The Bertz CT molecular complexity index is 253. The summed E-state index contributed by atoms with van der Waals surface area (Å²) >= 11 is 0. The van der Waals surface area contributed by atoms with Gasteiger partial charge in [0.05, 0.1) is 6.61 Å². The zero-order valence-corrected chi connectivity index (χ0v) is 11.6. The first-order chi connectivity index (χ1) is 8.51. The van der Waals surface area contributed by atoms with E-state index in [1.807, 2.05) is 13.8 Å². The van der Waals surface area contributed by atoms with Crippen LogP contribution < -0.4 is 0 Å². The van der Waals surface area contributed by atoms with Crippen molar-refractivity contribution in [3.63, 3.8) is 0 Å². The normalized spacial score (nSPS) is 10.5. The lowest BCUT2D eigenvalue weighted by Gasteiger charge is -2.23. The molecule has 5 nitrogen and oxygen atoms in total. The third kappa shape index (κ3) is 8.06. The van der Waals surface area contributed by atoms with Gasteiger partial charge in [-0.3, -0.25) is 9.59 Å². The van der Waals surface area contributed by atoms with Crippen LogP contribution in [0.4, 0.5) is 0 Å². The molecule has 0 aliphatic carbocycles.